The molecule has 5 heteroatoms. The number of para-hydroxylation sites is 1. The number of benzene rings is 8. The van der Waals surface area contributed by atoms with Crippen LogP contribution >= 0.6 is 0 Å². The van der Waals surface area contributed by atoms with Crippen LogP contribution in [0.4, 0.5) is 0 Å². The van der Waals surface area contributed by atoms with E-state index in [9.17, 15) is 0 Å². The monoisotopic (exact) mass is 665 g/mol. The molecule has 0 saturated carbocycles. The minimum absolute atomic E-state index is 0.583. The van der Waals surface area contributed by atoms with Crippen LogP contribution in [0.3, 0.4) is 0 Å². The number of hydrogen-bond donors (Lipinski definition) is 0. The van der Waals surface area contributed by atoms with Gasteiger partial charge in [-0.25, -0.2) is 15.0 Å². The number of nitrogens with zero attached hydrogens (tertiary/aromatic N) is 3. The van der Waals surface area contributed by atoms with E-state index in [0.29, 0.717) is 17.5 Å². The molecule has 11 aromatic rings. The van der Waals surface area contributed by atoms with Crippen molar-refractivity contribution in [3.63, 3.8) is 0 Å². The molecule has 0 radical (unpaired) electrons. The lowest BCUT2D eigenvalue weighted by atomic mass is 9.91. The Labute approximate surface area is 297 Å². The van der Waals surface area contributed by atoms with Crippen LogP contribution in [0.25, 0.3) is 111 Å². The summed E-state index contributed by atoms with van der Waals surface area (Å²) in [7, 11) is 0. The molecule has 0 spiro atoms. The summed E-state index contributed by atoms with van der Waals surface area (Å²) < 4.78 is 12.8. The highest BCUT2D eigenvalue weighted by atomic mass is 16.3. The smallest absolute Gasteiger partial charge is 0.164 e. The van der Waals surface area contributed by atoms with E-state index in [1.165, 1.54) is 21.9 Å². The summed E-state index contributed by atoms with van der Waals surface area (Å²) in [5.74, 6) is 1.77. The maximum absolute atomic E-state index is 6.53. The summed E-state index contributed by atoms with van der Waals surface area (Å²) in [6, 6.07) is 56.3. The van der Waals surface area contributed by atoms with Crippen molar-refractivity contribution in [2.45, 2.75) is 0 Å². The van der Waals surface area contributed by atoms with E-state index in [2.05, 4.69) is 91.0 Å². The molecule has 5 nitrogen and oxygen atoms in total. The van der Waals surface area contributed by atoms with Gasteiger partial charge in [0.05, 0.1) is 0 Å². The first-order chi connectivity index (χ1) is 25.8. The number of fused-ring (bicyclic) bond motifs is 9. The van der Waals surface area contributed by atoms with Crippen molar-refractivity contribution < 1.29 is 8.83 Å². The molecule has 3 aromatic heterocycles. The predicted molar refractivity (Wildman–Crippen MR) is 211 cm³/mol. The van der Waals surface area contributed by atoms with Gasteiger partial charge in [-0.15, -0.1) is 0 Å². The molecule has 11 rings (SSSR count). The fraction of sp³-hybridized carbons (Fsp3) is 0. The van der Waals surface area contributed by atoms with Crippen molar-refractivity contribution in [2.75, 3.05) is 0 Å². The average molecular weight is 666 g/mol. The van der Waals surface area contributed by atoms with Crippen molar-refractivity contribution in [1.82, 2.24) is 15.0 Å². The summed E-state index contributed by atoms with van der Waals surface area (Å²) in [5.41, 5.74) is 8.32. The summed E-state index contributed by atoms with van der Waals surface area (Å²) in [6.07, 6.45) is 0. The third-order valence-electron chi connectivity index (χ3n) is 10.1. The van der Waals surface area contributed by atoms with Crippen LogP contribution in [-0.4, -0.2) is 15.0 Å². The van der Waals surface area contributed by atoms with E-state index in [1.807, 2.05) is 72.8 Å². The molecule has 0 saturated heterocycles. The molecule has 3 heterocycles. The normalized spacial score (nSPS) is 11.8. The van der Waals surface area contributed by atoms with Crippen LogP contribution in [0, 0.1) is 0 Å². The Balaban J connectivity index is 1.17. The average Bonchev–Trinajstić information content (AvgIpc) is 3.79. The van der Waals surface area contributed by atoms with Crippen molar-refractivity contribution in [3.05, 3.63) is 164 Å². The molecule has 0 aliphatic heterocycles. The Morgan fingerprint density at radius 1 is 0.308 bits per heavy atom. The standard InChI is InChI=1S/C47H27N3O2/c1-2-12-30(13-3-1)45-48-46(50-47(49-45)36-20-10-22-40-43(36)35-17-6-7-21-38(35)51-40)31-24-25-39-37(27-31)44-41(52-39)26-23-29-15-9-19-34(42(29)44)33-18-8-14-28-11-4-5-16-32(28)33/h1-27H. The summed E-state index contributed by atoms with van der Waals surface area (Å²) >= 11 is 0. The van der Waals surface area contributed by atoms with Crippen molar-refractivity contribution in [2.24, 2.45) is 0 Å². The lowest BCUT2D eigenvalue weighted by molar-refractivity contribution is 0.668. The summed E-state index contributed by atoms with van der Waals surface area (Å²) in [4.78, 5) is 15.3. The van der Waals surface area contributed by atoms with Gasteiger partial charge in [-0.3, -0.25) is 0 Å². The highest BCUT2D eigenvalue weighted by molar-refractivity contribution is 6.24. The summed E-state index contributed by atoms with van der Waals surface area (Å²) in [6.45, 7) is 0. The maximum atomic E-state index is 6.53. The van der Waals surface area contributed by atoms with Crippen LogP contribution in [0.15, 0.2) is 173 Å². The fourth-order valence-corrected chi connectivity index (χ4v) is 7.77. The number of hydrogen-bond acceptors (Lipinski definition) is 5. The SMILES string of the molecule is c1ccc(-c2nc(-c3ccc4oc5ccc6cccc(-c7cccc8ccccc78)c6c5c4c3)nc(-c3cccc4oc5ccccc5c34)n2)cc1. The second kappa shape index (κ2) is 11.2. The Hall–Kier alpha value is -7.11. The molecule has 52 heavy (non-hydrogen) atoms. The van der Waals surface area contributed by atoms with Gasteiger partial charge in [-0.2, -0.15) is 0 Å². The summed E-state index contributed by atoms with van der Waals surface area (Å²) in [5, 5.41) is 8.83. The van der Waals surface area contributed by atoms with Gasteiger partial charge in [0.25, 0.3) is 0 Å². The quantitative estimate of drug-likeness (QED) is 0.187. The third kappa shape index (κ3) is 4.39. The molecule has 0 fully saturated rings. The third-order valence-corrected chi connectivity index (χ3v) is 10.1. The molecule has 8 aromatic carbocycles. The van der Waals surface area contributed by atoms with E-state index >= 15 is 0 Å². The lowest BCUT2D eigenvalue weighted by Crippen LogP contribution is -2.00. The number of furan rings is 2. The van der Waals surface area contributed by atoms with E-state index < -0.39 is 0 Å². The van der Waals surface area contributed by atoms with Gasteiger partial charge >= 0.3 is 0 Å². The van der Waals surface area contributed by atoms with Crippen LogP contribution < -0.4 is 0 Å². The van der Waals surface area contributed by atoms with E-state index in [0.717, 1.165) is 71.3 Å². The topological polar surface area (TPSA) is 65.0 Å². The van der Waals surface area contributed by atoms with E-state index in [4.69, 9.17) is 23.8 Å². The maximum Gasteiger partial charge on any atom is 0.164 e. The van der Waals surface area contributed by atoms with Crippen LogP contribution in [0.2, 0.25) is 0 Å². The molecule has 0 atom stereocenters. The molecule has 242 valence electrons. The first kappa shape index (κ1) is 28.7. The second-order valence-electron chi connectivity index (χ2n) is 13.1. The molecule has 0 unspecified atom stereocenters. The fourth-order valence-electron chi connectivity index (χ4n) is 7.77. The van der Waals surface area contributed by atoms with E-state index in [-0.39, 0.29) is 0 Å². The molecule has 0 bridgehead atoms. The van der Waals surface area contributed by atoms with Gasteiger partial charge < -0.3 is 8.83 Å². The van der Waals surface area contributed by atoms with Gasteiger partial charge in [-0.1, -0.05) is 127 Å². The Bertz CT molecular complexity index is 3190. The molecular weight excluding hydrogens is 639 g/mol. The zero-order valence-corrected chi connectivity index (χ0v) is 27.7. The zero-order chi connectivity index (χ0) is 34.2. The zero-order valence-electron chi connectivity index (χ0n) is 27.7. The first-order valence-electron chi connectivity index (χ1n) is 17.4. The largest absolute Gasteiger partial charge is 0.456 e. The van der Waals surface area contributed by atoms with Crippen LogP contribution in [0.1, 0.15) is 0 Å². The van der Waals surface area contributed by atoms with Crippen molar-refractivity contribution in [3.8, 4) is 45.3 Å². The minimum Gasteiger partial charge on any atom is -0.456 e. The van der Waals surface area contributed by atoms with Crippen LogP contribution in [-0.2, 0) is 0 Å². The highest BCUT2D eigenvalue weighted by Crippen LogP contribution is 2.43. The predicted octanol–water partition coefficient (Wildman–Crippen LogP) is 12.6. The van der Waals surface area contributed by atoms with Gasteiger partial charge in [0.2, 0.25) is 0 Å². The van der Waals surface area contributed by atoms with Gasteiger partial charge in [0.1, 0.15) is 22.3 Å². The molecule has 0 aliphatic rings. The highest BCUT2D eigenvalue weighted by Gasteiger charge is 2.20. The van der Waals surface area contributed by atoms with Crippen LogP contribution in [0.5, 0.6) is 0 Å². The van der Waals surface area contributed by atoms with Crippen molar-refractivity contribution >= 4 is 65.4 Å². The number of aromatic nitrogens is 3. The molecule has 0 amide bonds. The van der Waals surface area contributed by atoms with Crippen molar-refractivity contribution in [1.29, 1.82) is 0 Å². The first-order valence-corrected chi connectivity index (χ1v) is 17.4. The second-order valence-corrected chi connectivity index (χ2v) is 13.1. The van der Waals surface area contributed by atoms with Gasteiger partial charge in [-0.05, 0) is 63.7 Å². The minimum atomic E-state index is 0.583. The number of rotatable bonds is 4. The van der Waals surface area contributed by atoms with E-state index in [1.54, 1.807) is 0 Å². The molecule has 0 N–H and O–H groups in total. The molecule has 0 aliphatic carbocycles. The molecular formula is C47H27N3O2. The van der Waals surface area contributed by atoms with Gasteiger partial charge in [0.15, 0.2) is 17.5 Å². The Kier molecular flexibility index (Phi) is 6.18. The van der Waals surface area contributed by atoms with Gasteiger partial charge in [0, 0.05) is 43.6 Å². The lowest BCUT2D eigenvalue weighted by Gasteiger charge is -2.12. The Morgan fingerprint density at radius 2 is 0.904 bits per heavy atom. The Morgan fingerprint density at radius 3 is 1.79 bits per heavy atom.